The van der Waals surface area contributed by atoms with Crippen LogP contribution in [0.4, 0.5) is 17.6 Å². The second-order valence-corrected chi connectivity index (χ2v) is 5.47. The van der Waals surface area contributed by atoms with Crippen LogP contribution in [0.5, 0.6) is 11.8 Å². The van der Waals surface area contributed by atoms with Crippen molar-refractivity contribution in [1.82, 2.24) is 14.8 Å². The maximum absolute atomic E-state index is 13.1. The van der Waals surface area contributed by atoms with Crippen molar-refractivity contribution in [2.75, 3.05) is 0 Å². The lowest BCUT2D eigenvalue weighted by atomic mass is 10.1. The molecule has 3 rings (SSSR count). The molecule has 0 aliphatic heterocycles. The first-order valence-electron chi connectivity index (χ1n) is 7.26. The van der Waals surface area contributed by atoms with Crippen LogP contribution in [-0.2, 0) is 13.2 Å². The van der Waals surface area contributed by atoms with E-state index >= 15 is 0 Å². The predicted octanol–water partition coefficient (Wildman–Crippen LogP) is 4.74. The van der Waals surface area contributed by atoms with Gasteiger partial charge in [0.1, 0.15) is 0 Å². The van der Waals surface area contributed by atoms with Gasteiger partial charge in [-0.2, -0.15) is 17.6 Å². The summed E-state index contributed by atoms with van der Waals surface area (Å²) >= 11 is 0. The highest BCUT2D eigenvalue weighted by Crippen LogP contribution is 2.31. The van der Waals surface area contributed by atoms with Crippen molar-refractivity contribution >= 4 is 0 Å². The zero-order valence-electron chi connectivity index (χ0n) is 13.3. The number of aromatic nitrogens is 3. The minimum absolute atomic E-state index is 0.161. The van der Waals surface area contributed by atoms with Crippen LogP contribution in [-0.4, -0.2) is 14.8 Å². The second-order valence-electron chi connectivity index (χ2n) is 5.47. The molecule has 0 saturated carbocycles. The molecule has 4 nitrogen and oxygen atoms in total. The maximum Gasteiger partial charge on any atom is 0.416 e. The molecule has 0 radical (unpaired) electrons. The highest BCUT2D eigenvalue weighted by atomic mass is 19.4. The Hall–Kier alpha value is -2.90. The molecule has 1 aromatic carbocycles. The SMILES string of the molecule is Cc1cc(Oc2cc(F)nn2C)nc(-c2ccc(C(F)(F)F)cc2)c1. The van der Waals surface area contributed by atoms with Gasteiger partial charge in [0.15, 0.2) is 0 Å². The van der Waals surface area contributed by atoms with E-state index in [-0.39, 0.29) is 11.8 Å². The van der Waals surface area contributed by atoms with Gasteiger partial charge in [0.2, 0.25) is 17.7 Å². The van der Waals surface area contributed by atoms with Crippen molar-refractivity contribution < 1.29 is 22.3 Å². The lowest BCUT2D eigenvalue weighted by molar-refractivity contribution is -0.137. The summed E-state index contributed by atoms with van der Waals surface area (Å²) in [6, 6.07) is 9.16. The zero-order chi connectivity index (χ0) is 18.2. The van der Waals surface area contributed by atoms with Crippen molar-refractivity contribution in [2.24, 2.45) is 7.05 Å². The quantitative estimate of drug-likeness (QED) is 0.640. The first-order valence-corrected chi connectivity index (χ1v) is 7.26. The van der Waals surface area contributed by atoms with E-state index in [2.05, 4.69) is 10.1 Å². The average molecular weight is 351 g/mol. The number of hydrogen-bond acceptors (Lipinski definition) is 3. The molecule has 8 heteroatoms. The molecule has 0 N–H and O–H groups in total. The van der Waals surface area contributed by atoms with Gasteiger partial charge in [-0.25, -0.2) is 9.67 Å². The van der Waals surface area contributed by atoms with Crippen LogP contribution in [0.1, 0.15) is 11.1 Å². The monoisotopic (exact) mass is 351 g/mol. The van der Waals surface area contributed by atoms with E-state index in [1.165, 1.54) is 23.9 Å². The fourth-order valence-electron chi connectivity index (χ4n) is 2.28. The molecule has 0 spiro atoms. The molecule has 130 valence electrons. The molecule has 0 aliphatic carbocycles. The van der Waals surface area contributed by atoms with E-state index in [1.807, 2.05) is 0 Å². The first-order chi connectivity index (χ1) is 11.7. The summed E-state index contributed by atoms with van der Waals surface area (Å²) in [6.07, 6.45) is -4.39. The van der Waals surface area contributed by atoms with Crippen LogP contribution in [0.15, 0.2) is 42.5 Å². The Morgan fingerprint density at radius 3 is 2.28 bits per heavy atom. The Morgan fingerprint density at radius 1 is 1.04 bits per heavy atom. The molecule has 0 saturated heterocycles. The molecular formula is C17H13F4N3O. The fraction of sp³-hybridized carbons (Fsp3) is 0.176. The Kier molecular flexibility index (Phi) is 4.20. The minimum atomic E-state index is -4.39. The van der Waals surface area contributed by atoms with Crippen LogP contribution in [0.2, 0.25) is 0 Å². The van der Waals surface area contributed by atoms with E-state index < -0.39 is 17.7 Å². The molecule has 0 fully saturated rings. The Bertz CT molecular complexity index is 901. The summed E-state index contributed by atoms with van der Waals surface area (Å²) in [6.45, 7) is 1.80. The number of nitrogens with zero attached hydrogens (tertiary/aromatic N) is 3. The molecule has 0 aliphatic rings. The van der Waals surface area contributed by atoms with E-state index in [0.717, 1.165) is 23.8 Å². The standard InChI is InChI=1S/C17H13F4N3O/c1-10-7-13(11-3-5-12(6-4-11)17(19,20)21)22-15(8-10)25-16-9-14(18)23-24(16)2/h3-9H,1-2H3. The van der Waals surface area contributed by atoms with E-state index in [4.69, 9.17) is 4.74 Å². The summed E-state index contributed by atoms with van der Waals surface area (Å²) in [4.78, 5) is 4.27. The molecule has 0 atom stereocenters. The molecule has 0 unspecified atom stereocenters. The number of hydrogen-bond donors (Lipinski definition) is 0. The van der Waals surface area contributed by atoms with E-state index in [9.17, 15) is 17.6 Å². The number of pyridine rings is 1. The van der Waals surface area contributed by atoms with Crippen molar-refractivity contribution in [2.45, 2.75) is 13.1 Å². The first kappa shape index (κ1) is 16.9. The summed E-state index contributed by atoms with van der Waals surface area (Å²) < 4.78 is 57.8. The van der Waals surface area contributed by atoms with Gasteiger partial charge in [0.05, 0.1) is 17.3 Å². The highest BCUT2D eigenvalue weighted by Gasteiger charge is 2.30. The number of rotatable bonds is 3. The van der Waals surface area contributed by atoms with Gasteiger partial charge in [-0.1, -0.05) is 12.1 Å². The molecule has 3 aromatic rings. The predicted molar refractivity (Wildman–Crippen MR) is 82.7 cm³/mol. The Morgan fingerprint density at radius 2 is 1.72 bits per heavy atom. The van der Waals surface area contributed by atoms with Gasteiger partial charge in [-0.15, -0.1) is 5.10 Å². The normalized spacial score (nSPS) is 11.6. The van der Waals surface area contributed by atoms with Gasteiger partial charge < -0.3 is 4.74 Å². The molecule has 25 heavy (non-hydrogen) atoms. The molecule has 2 heterocycles. The smallest absolute Gasteiger partial charge is 0.416 e. The van der Waals surface area contributed by atoms with Gasteiger partial charge in [-0.3, -0.25) is 0 Å². The van der Waals surface area contributed by atoms with Gasteiger partial charge in [-0.05, 0) is 30.7 Å². The fourth-order valence-corrected chi connectivity index (χ4v) is 2.28. The van der Waals surface area contributed by atoms with Crippen LogP contribution in [0, 0.1) is 12.9 Å². The van der Waals surface area contributed by atoms with E-state index in [1.54, 1.807) is 19.1 Å². The van der Waals surface area contributed by atoms with Gasteiger partial charge >= 0.3 is 6.18 Å². The largest absolute Gasteiger partial charge is 0.421 e. The summed E-state index contributed by atoms with van der Waals surface area (Å²) in [7, 11) is 1.52. The summed E-state index contributed by atoms with van der Waals surface area (Å²) in [5.41, 5.74) is 1.03. The number of benzene rings is 1. The van der Waals surface area contributed by atoms with Gasteiger partial charge in [0, 0.05) is 18.7 Å². The minimum Gasteiger partial charge on any atom is -0.421 e. The third-order valence-corrected chi connectivity index (χ3v) is 3.47. The third-order valence-electron chi connectivity index (χ3n) is 3.47. The number of alkyl halides is 3. The molecule has 0 amide bonds. The second kappa shape index (κ2) is 6.19. The number of aryl methyl sites for hydroxylation is 2. The van der Waals surface area contributed by atoms with Gasteiger partial charge in [0.25, 0.3) is 0 Å². The highest BCUT2D eigenvalue weighted by molar-refractivity contribution is 5.61. The average Bonchev–Trinajstić information content (AvgIpc) is 2.83. The van der Waals surface area contributed by atoms with Crippen molar-refractivity contribution in [3.05, 3.63) is 59.5 Å². The molecule has 2 aromatic heterocycles. The maximum atomic E-state index is 13.1. The van der Waals surface area contributed by atoms with Crippen molar-refractivity contribution in [3.8, 4) is 23.0 Å². The van der Waals surface area contributed by atoms with E-state index in [0.29, 0.717) is 11.3 Å². The lowest BCUT2D eigenvalue weighted by Crippen LogP contribution is -2.04. The third kappa shape index (κ3) is 3.78. The Labute approximate surface area is 140 Å². The van der Waals surface area contributed by atoms with Crippen LogP contribution in [0.25, 0.3) is 11.3 Å². The number of ether oxygens (including phenoxy) is 1. The lowest BCUT2D eigenvalue weighted by Gasteiger charge is -2.10. The topological polar surface area (TPSA) is 39.9 Å². The van der Waals surface area contributed by atoms with Crippen molar-refractivity contribution in [3.63, 3.8) is 0 Å². The number of halogens is 4. The molecule has 0 bridgehead atoms. The van der Waals surface area contributed by atoms with Crippen LogP contribution in [0.3, 0.4) is 0 Å². The zero-order valence-corrected chi connectivity index (χ0v) is 13.3. The van der Waals surface area contributed by atoms with Crippen molar-refractivity contribution in [1.29, 1.82) is 0 Å². The van der Waals surface area contributed by atoms with Crippen LogP contribution >= 0.6 is 0 Å². The summed E-state index contributed by atoms with van der Waals surface area (Å²) in [5.74, 6) is -0.333. The molecular weight excluding hydrogens is 338 g/mol. The summed E-state index contributed by atoms with van der Waals surface area (Å²) in [5, 5.41) is 3.53. The van der Waals surface area contributed by atoms with Crippen LogP contribution < -0.4 is 4.74 Å². The Balaban J connectivity index is 1.92.